The minimum atomic E-state index is -0.973. The predicted molar refractivity (Wildman–Crippen MR) is 128 cm³/mol. The molecule has 7 nitrogen and oxygen atoms in total. The van der Waals surface area contributed by atoms with Crippen LogP contribution >= 0.6 is 0 Å². The van der Waals surface area contributed by atoms with Crippen molar-refractivity contribution in [2.24, 2.45) is 5.92 Å². The van der Waals surface area contributed by atoms with Gasteiger partial charge < -0.3 is 20.1 Å². The van der Waals surface area contributed by atoms with Crippen molar-refractivity contribution in [2.75, 3.05) is 13.2 Å². The summed E-state index contributed by atoms with van der Waals surface area (Å²) in [5, 5.41) is 12.3. The number of alkyl carbamates (subject to hydrolysis) is 1. The lowest BCUT2D eigenvalue weighted by atomic mass is 9.97. The van der Waals surface area contributed by atoms with Crippen LogP contribution in [-0.2, 0) is 14.3 Å². The van der Waals surface area contributed by atoms with Crippen molar-refractivity contribution in [3.8, 4) is 11.1 Å². The molecular formula is C27H32N2O5. The van der Waals surface area contributed by atoms with Crippen LogP contribution in [-0.4, -0.2) is 53.2 Å². The minimum Gasteiger partial charge on any atom is -0.480 e. The fourth-order valence-electron chi connectivity index (χ4n) is 5.04. The highest BCUT2D eigenvalue weighted by molar-refractivity contribution is 5.84. The van der Waals surface area contributed by atoms with Gasteiger partial charge >= 0.3 is 12.1 Å². The highest BCUT2D eigenvalue weighted by Gasteiger charge is 2.34. The summed E-state index contributed by atoms with van der Waals surface area (Å²) in [5.74, 6) is -1.28. The number of ether oxygens (including phenoxy) is 1. The van der Waals surface area contributed by atoms with E-state index in [1.165, 1.54) is 4.90 Å². The van der Waals surface area contributed by atoms with E-state index in [2.05, 4.69) is 29.6 Å². The summed E-state index contributed by atoms with van der Waals surface area (Å²) in [4.78, 5) is 38.7. The van der Waals surface area contributed by atoms with E-state index in [9.17, 15) is 19.5 Å². The van der Waals surface area contributed by atoms with Crippen molar-refractivity contribution in [1.29, 1.82) is 0 Å². The van der Waals surface area contributed by atoms with Gasteiger partial charge in [0.05, 0.1) is 0 Å². The SMILES string of the molecule is CC(C)C(CC(=O)N1CCCC[C@H]1C(=O)O)NC(=O)OCC1c2ccccc2-c2ccccc21. The molecule has 0 aromatic heterocycles. The summed E-state index contributed by atoms with van der Waals surface area (Å²) in [7, 11) is 0. The average Bonchev–Trinajstić information content (AvgIpc) is 3.16. The number of benzene rings is 2. The highest BCUT2D eigenvalue weighted by atomic mass is 16.5. The Morgan fingerprint density at radius 3 is 2.24 bits per heavy atom. The summed E-state index contributed by atoms with van der Waals surface area (Å²) < 4.78 is 5.64. The lowest BCUT2D eigenvalue weighted by Crippen LogP contribution is -2.50. The molecule has 1 fully saturated rings. The van der Waals surface area contributed by atoms with Crippen LogP contribution in [0, 0.1) is 5.92 Å². The van der Waals surface area contributed by atoms with Gasteiger partial charge in [0.2, 0.25) is 5.91 Å². The van der Waals surface area contributed by atoms with Crippen LogP contribution in [0.4, 0.5) is 4.79 Å². The van der Waals surface area contributed by atoms with Crippen molar-refractivity contribution in [3.05, 3.63) is 59.7 Å². The zero-order chi connectivity index (χ0) is 24.2. The Hall–Kier alpha value is -3.35. The van der Waals surface area contributed by atoms with Crippen molar-refractivity contribution in [2.45, 2.75) is 57.5 Å². The molecule has 4 rings (SSSR count). The molecule has 0 spiro atoms. The number of carbonyl (C=O) groups excluding carboxylic acids is 2. The van der Waals surface area contributed by atoms with Gasteiger partial charge in [0.1, 0.15) is 12.6 Å². The van der Waals surface area contributed by atoms with Gasteiger partial charge in [-0.2, -0.15) is 0 Å². The van der Waals surface area contributed by atoms with E-state index in [1.54, 1.807) is 0 Å². The molecule has 180 valence electrons. The van der Waals surface area contributed by atoms with Gasteiger partial charge in [0, 0.05) is 24.9 Å². The highest BCUT2D eigenvalue weighted by Crippen LogP contribution is 2.44. The Kier molecular flexibility index (Phi) is 7.20. The average molecular weight is 465 g/mol. The number of carbonyl (C=O) groups is 3. The fourth-order valence-corrected chi connectivity index (χ4v) is 5.04. The standard InChI is InChI=1S/C27H32N2O5/c1-17(2)23(15-25(30)29-14-8-7-13-24(29)26(31)32)28-27(33)34-16-22-20-11-5-3-9-18(20)19-10-4-6-12-21(19)22/h3-6,9-12,17,22-24H,7-8,13-16H2,1-2H3,(H,28,33)(H,31,32)/t23?,24-/m0/s1. The summed E-state index contributed by atoms with van der Waals surface area (Å²) in [6.45, 7) is 4.48. The first kappa shape index (κ1) is 23.8. The minimum absolute atomic E-state index is 0.0162. The van der Waals surface area contributed by atoms with Crippen molar-refractivity contribution in [1.82, 2.24) is 10.2 Å². The topological polar surface area (TPSA) is 95.9 Å². The third-order valence-corrected chi connectivity index (χ3v) is 6.95. The monoisotopic (exact) mass is 464 g/mol. The quantitative estimate of drug-likeness (QED) is 0.633. The van der Waals surface area contributed by atoms with Gasteiger partial charge in [-0.3, -0.25) is 4.79 Å². The summed E-state index contributed by atoms with van der Waals surface area (Å²) in [6, 6.07) is 15.1. The number of carboxylic acid groups (broad SMARTS) is 1. The second-order valence-corrected chi connectivity index (χ2v) is 9.46. The molecule has 1 unspecified atom stereocenters. The van der Waals surface area contributed by atoms with Crippen LogP contribution in [0.15, 0.2) is 48.5 Å². The van der Waals surface area contributed by atoms with Gasteiger partial charge in [0.25, 0.3) is 0 Å². The number of hydrogen-bond acceptors (Lipinski definition) is 4. The molecular weight excluding hydrogens is 432 g/mol. The number of rotatable bonds is 7. The van der Waals surface area contributed by atoms with E-state index in [4.69, 9.17) is 4.74 Å². The number of amides is 2. The Balaban J connectivity index is 1.38. The van der Waals surface area contributed by atoms with Crippen LogP contribution in [0.2, 0.25) is 0 Å². The van der Waals surface area contributed by atoms with Gasteiger partial charge in [-0.25, -0.2) is 9.59 Å². The lowest BCUT2D eigenvalue weighted by molar-refractivity contribution is -0.152. The maximum Gasteiger partial charge on any atom is 0.407 e. The number of aliphatic carboxylic acids is 1. The molecule has 2 aliphatic rings. The fraction of sp³-hybridized carbons (Fsp3) is 0.444. The molecule has 1 heterocycles. The number of likely N-dealkylation sites (tertiary alicyclic amines) is 1. The van der Waals surface area contributed by atoms with E-state index in [1.807, 2.05) is 38.1 Å². The van der Waals surface area contributed by atoms with Crippen LogP contribution < -0.4 is 5.32 Å². The van der Waals surface area contributed by atoms with E-state index in [0.717, 1.165) is 35.1 Å². The van der Waals surface area contributed by atoms with E-state index in [0.29, 0.717) is 13.0 Å². The second-order valence-electron chi connectivity index (χ2n) is 9.46. The van der Waals surface area contributed by atoms with Crippen molar-refractivity contribution < 1.29 is 24.2 Å². The molecule has 1 saturated heterocycles. The molecule has 2 aromatic carbocycles. The third-order valence-electron chi connectivity index (χ3n) is 6.95. The van der Waals surface area contributed by atoms with Gasteiger partial charge in [0.15, 0.2) is 0 Å². The number of carboxylic acids is 1. The van der Waals surface area contributed by atoms with Crippen LogP contribution in [0.1, 0.15) is 56.6 Å². The number of nitrogens with zero attached hydrogens (tertiary/aromatic N) is 1. The Morgan fingerprint density at radius 2 is 1.65 bits per heavy atom. The third kappa shape index (κ3) is 4.93. The van der Waals surface area contributed by atoms with Gasteiger partial charge in [-0.05, 0) is 47.4 Å². The predicted octanol–water partition coefficient (Wildman–Crippen LogP) is 4.41. The number of hydrogen-bond donors (Lipinski definition) is 2. The number of piperidine rings is 1. The smallest absolute Gasteiger partial charge is 0.407 e. The Bertz CT molecular complexity index is 1020. The maximum atomic E-state index is 12.9. The number of fused-ring (bicyclic) bond motifs is 3. The molecule has 2 N–H and O–H groups in total. The van der Waals surface area contributed by atoms with Crippen LogP contribution in [0.25, 0.3) is 11.1 Å². The molecule has 2 atom stereocenters. The number of nitrogens with one attached hydrogen (secondary N) is 1. The van der Waals surface area contributed by atoms with E-state index >= 15 is 0 Å². The first-order chi connectivity index (χ1) is 16.4. The Labute approximate surface area is 200 Å². The molecule has 0 bridgehead atoms. The summed E-state index contributed by atoms with van der Waals surface area (Å²) in [5.41, 5.74) is 4.59. The first-order valence-electron chi connectivity index (χ1n) is 12.0. The molecule has 34 heavy (non-hydrogen) atoms. The molecule has 2 amide bonds. The van der Waals surface area contributed by atoms with E-state index in [-0.39, 0.29) is 30.8 Å². The normalized spacial score (nSPS) is 18.2. The maximum absolute atomic E-state index is 12.9. The molecule has 1 aliphatic carbocycles. The summed E-state index contributed by atoms with van der Waals surface area (Å²) >= 11 is 0. The molecule has 7 heteroatoms. The molecule has 1 aliphatic heterocycles. The van der Waals surface area contributed by atoms with Crippen molar-refractivity contribution in [3.63, 3.8) is 0 Å². The molecule has 0 radical (unpaired) electrons. The van der Waals surface area contributed by atoms with E-state index < -0.39 is 24.1 Å². The van der Waals surface area contributed by atoms with Gasteiger partial charge in [-0.1, -0.05) is 62.4 Å². The van der Waals surface area contributed by atoms with Crippen molar-refractivity contribution >= 4 is 18.0 Å². The zero-order valence-corrected chi connectivity index (χ0v) is 19.7. The largest absolute Gasteiger partial charge is 0.480 e. The van der Waals surface area contributed by atoms with Crippen LogP contribution in [0.3, 0.4) is 0 Å². The Morgan fingerprint density at radius 1 is 1.03 bits per heavy atom. The lowest BCUT2D eigenvalue weighted by Gasteiger charge is -2.34. The molecule has 2 aromatic rings. The summed E-state index contributed by atoms with van der Waals surface area (Å²) in [6.07, 6.45) is 1.54. The van der Waals surface area contributed by atoms with Crippen LogP contribution in [0.5, 0.6) is 0 Å². The zero-order valence-electron chi connectivity index (χ0n) is 19.7. The first-order valence-corrected chi connectivity index (χ1v) is 12.0. The second kappa shape index (κ2) is 10.3. The van der Waals surface area contributed by atoms with Gasteiger partial charge in [-0.15, -0.1) is 0 Å². The molecule has 0 saturated carbocycles.